The number of aliphatic hydroxyl groups excluding tert-OH is 1. The molecule has 0 saturated carbocycles. The van der Waals surface area contributed by atoms with Gasteiger partial charge in [-0.25, -0.2) is 4.79 Å². The number of nitrogens with two attached hydrogens (primary N) is 1. The largest absolute Gasteiger partial charge is 0.445 e. The van der Waals surface area contributed by atoms with Crippen molar-refractivity contribution in [1.82, 2.24) is 10.6 Å². The van der Waals surface area contributed by atoms with Gasteiger partial charge in [0.1, 0.15) is 18.7 Å². The van der Waals surface area contributed by atoms with Crippen LogP contribution in [0.2, 0.25) is 0 Å². The Hall–Kier alpha value is -3.90. The molecule has 2 aromatic carbocycles. The van der Waals surface area contributed by atoms with Gasteiger partial charge in [-0.1, -0.05) is 42.5 Å². The highest BCUT2D eigenvalue weighted by atomic mass is 16.5. The number of nitrogens with zero attached hydrogens (tertiary/aromatic N) is 1. The molecule has 0 radical (unpaired) electrons. The van der Waals surface area contributed by atoms with Crippen LogP contribution in [0, 0.1) is 11.3 Å². The minimum atomic E-state index is -1.37. The van der Waals surface area contributed by atoms with E-state index in [-0.39, 0.29) is 13.0 Å². The second-order valence-electron chi connectivity index (χ2n) is 6.90. The van der Waals surface area contributed by atoms with Gasteiger partial charge >= 0.3 is 6.09 Å². The Bertz CT molecular complexity index is 956. The molecule has 2 aromatic rings. The minimum absolute atomic E-state index is 0.0139. The average Bonchev–Trinajstić information content (AvgIpc) is 2.76. The summed E-state index contributed by atoms with van der Waals surface area (Å²) in [6, 6.07) is 15.0. The molecular weight excluding hydrogens is 400 g/mol. The summed E-state index contributed by atoms with van der Waals surface area (Å²) < 4.78 is 5.07. The first-order chi connectivity index (χ1) is 14.8. The fraction of sp³-hybridized carbons (Fsp3) is 0.273. The molecule has 0 unspecified atom stereocenters. The van der Waals surface area contributed by atoms with Crippen molar-refractivity contribution in [1.29, 1.82) is 5.26 Å². The number of rotatable bonds is 9. The first kappa shape index (κ1) is 23.4. The molecule has 9 heteroatoms. The van der Waals surface area contributed by atoms with Crippen molar-refractivity contribution in [3.63, 3.8) is 0 Å². The molecule has 0 saturated heterocycles. The lowest BCUT2D eigenvalue weighted by Gasteiger charge is -2.23. The van der Waals surface area contributed by atoms with Gasteiger partial charge in [-0.15, -0.1) is 0 Å². The highest BCUT2D eigenvalue weighted by Gasteiger charge is 2.29. The molecule has 31 heavy (non-hydrogen) atoms. The molecule has 0 heterocycles. The fourth-order valence-corrected chi connectivity index (χ4v) is 2.78. The van der Waals surface area contributed by atoms with Crippen LogP contribution in [0.5, 0.6) is 0 Å². The molecule has 0 aliphatic carbocycles. The maximum Gasteiger partial charge on any atom is 0.408 e. The Morgan fingerprint density at radius 1 is 1.10 bits per heavy atom. The summed E-state index contributed by atoms with van der Waals surface area (Å²) in [7, 11) is 0. The van der Waals surface area contributed by atoms with Gasteiger partial charge in [0.2, 0.25) is 11.8 Å². The quantitative estimate of drug-likeness (QED) is 0.466. The summed E-state index contributed by atoms with van der Waals surface area (Å²) in [5.74, 6) is -1.60. The molecule has 3 amide bonds. The maximum absolute atomic E-state index is 12.6. The van der Waals surface area contributed by atoms with Crippen molar-refractivity contribution in [2.75, 3.05) is 0 Å². The first-order valence-corrected chi connectivity index (χ1v) is 9.54. The Kier molecular flexibility index (Phi) is 8.54. The molecular formula is C22H24N4O5. The topological polar surface area (TPSA) is 155 Å². The normalized spacial score (nSPS) is 13.2. The number of alkyl carbamates (subject to hydrolysis) is 1. The zero-order valence-corrected chi connectivity index (χ0v) is 16.9. The minimum Gasteiger partial charge on any atom is -0.445 e. The first-order valence-electron chi connectivity index (χ1n) is 9.54. The van der Waals surface area contributed by atoms with Crippen LogP contribution in [0.4, 0.5) is 4.79 Å². The standard InChI is InChI=1S/C22H24N4O5/c1-14(27)19(26-22(30)31-13-15-6-3-2-4-7-15)21(29)25-18(20(24)28)11-16-8-5-9-17(10-16)12-23/h2-10,14,18-19,27H,11,13H2,1H3,(H2,24,28)(H,25,29)(H,26,30)/t14-,18-,19+/m1/s1. The third kappa shape index (κ3) is 7.45. The van der Waals surface area contributed by atoms with Crippen LogP contribution < -0.4 is 16.4 Å². The number of carbonyl (C=O) groups excluding carboxylic acids is 3. The molecule has 0 fully saturated rings. The van der Waals surface area contributed by atoms with E-state index in [1.807, 2.05) is 12.1 Å². The van der Waals surface area contributed by atoms with Gasteiger partial charge in [0.25, 0.3) is 0 Å². The lowest BCUT2D eigenvalue weighted by molar-refractivity contribution is -0.130. The van der Waals surface area contributed by atoms with E-state index in [2.05, 4.69) is 10.6 Å². The molecule has 2 rings (SSSR count). The van der Waals surface area contributed by atoms with Crippen LogP contribution in [0.25, 0.3) is 0 Å². The number of hydrogen-bond donors (Lipinski definition) is 4. The van der Waals surface area contributed by atoms with Crippen LogP contribution in [0.15, 0.2) is 54.6 Å². The van der Waals surface area contributed by atoms with Gasteiger partial charge in [0.05, 0.1) is 17.7 Å². The maximum atomic E-state index is 12.6. The van der Waals surface area contributed by atoms with Crippen molar-refractivity contribution in [3.05, 3.63) is 71.3 Å². The van der Waals surface area contributed by atoms with Gasteiger partial charge in [0.15, 0.2) is 0 Å². The zero-order valence-electron chi connectivity index (χ0n) is 16.9. The molecule has 0 aliphatic rings. The molecule has 0 aliphatic heterocycles. The smallest absolute Gasteiger partial charge is 0.408 e. The Morgan fingerprint density at radius 2 is 1.77 bits per heavy atom. The number of nitriles is 1. The predicted octanol–water partition coefficient (Wildman–Crippen LogP) is 0.747. The zero-order chi connectivity index (χ0) is 22.8. The van der Waals surface area contributed by atoms with E-state index < -0.39 is 36.1 Å². The number of primary amides is 1. The van der Waals surface area contributed by atoms with Gasteiger partial charge < -0.3 is 26.2 Å². The van der Waals surface area contributed by atoms with Gasteiger partial charge in [-0.3, -0.25) is 9.59 Å². The molecule has 162 valence electrons. The Labute approximate surface area is 179 Å². The van der Waals surface area contributed by atoms with Crippen LogP contribution >= 0.6 is 0 Å². The van der Waals surface area contributed by atoms with Crippen molar-refractivity contribution >= 4 is 17.9 Å². The van der Waals surface area contributed by atoms with E-state index >= 15 is 0 Å². The summed E-state index contributed by atoms with van der Waals surface area (Å²) >= 11 is 0. The summed E-state index contributed by atoms with van der Waals surface area (Å²) in [6.45, 7) is 1.30. The van der Waals surface area contributed by atoms with Gasteiger partial charge in [0, 0.05) is 6.42 Å². The molecule has 3 atom stereocenters. The van der Waals surface area contributed by atoms with Crippen molar-refractivity contribution in [2.24, 2.45) is 5.73 Å². The number of nitrogens with one attached hydrogen (secondary N) is 2. The highest BCUT2D eigenvalue weighted by molar-refractivity contribution is 5.91. The molecule has 9 nitrogen and oxygen atoms in total. The van der Waals surface area contributed by atoms with Crippen molar-refractivity contribution < 1.29 is 24.2 Å². The summed E-state index contributed by atoms with van der Waals surface area (Å²) in [4.78, 5) is 36.5. The summed E-state index contributed by atoms with van der Waals surface area (Å²) in [6.07, 6.45) is -2.12. The lowest BCUT2D eigenvalue weighted by Crippen LogP contribution is -2.57. The number of benzene rings is 2. The molecule has 5 N–H and O–H groups in total. The third-order valence-electron chi connectivity index (χ3n) is 4.41. The van der Waals surface area contributed by atoms with Crippen LogP contribution in [0.1, 0.15) is 23.6 Å². The number of amides is 3. The fourth-order valence-electron chi connectivity index (χ4n) is 2.78. The van der Waals surface area contributed by atoms with E-state index in [0.717, 1.165) is 5.56 Å². The van der Waals surface area contributed by atoms with E-state index in [1.54, 1.807) is 48.5 Å². The number of ether oxygens (including phenoxy) is 1. The predicted molar refractivity (Wildman–Crippen MR) is 111 cm³/mol. The van der Waals surface area contributed by atoms with E-state index in [9.17, 15) is 19.5 Å². The average molecular weight is 424 g/mol. The summed E-state index contributed by atoms with van der Waals surface area (Å²) in [5, 5.41) is 23.7. The lowest BCUT2D eigenvalue weighted by atomic mass is 10.0. The van der Waals surface area contributed by atoms with Gasteiger partial charge in [-0.05, 0) is 30.2 Å². The SMILES string of the molecule is C[C@@H](O)[C@H](NC(=O)OCc1ccccc1)C(=O)N[C@H](Cc1cccc(C#N)c1)C(N)=O. The monoisotopic (exact) mass is 424 g/mol. The van der Waals surface area contributed by atoms with Crippen LogP contribution in [-0.4, -0.2) is 41.2 Å². The Morgan fingerprint density at radius 3 is 2.39 bits per heavy atom. The second kappa shape index (κ2) is 11.3. The number of carbonyl (C=O) groups is 3. The molecule has 0 spiro atoms. The van der Waals surface area contributed by atoms with Crippen LogP contribution in [0.3, 0.4) is 0 Å². The molecule has 0 aromatic heterocycles. The van der Waals surface area contributed by atoms with Crippen molar-refractivity contribution in [2.45, 2.75) is 38.1 Å². The molecule has 0 bridgehead atoms. The van der Waals surface area contributed by atoms with E-state index in [0.29, 0.717) is 11.1 Å². The van der Waals surface area contributed by atoms with E-state index in [4.69, 9.17) is 15.7 Å². The van der Waals surface area contributed by atoms with Gasteiger partial charge in [-0.2, -0.15) is 5.26 Å². The van der Waals surface area contributed by atoms with E-state index in [1.165, 1.54) is 6.92 Å². The van der Waals surface area contributed by atoms with Crippen LogP contribution in [-0.2, 0) is 27.4 Å². The summed E-state index contributed by atoms with van der Waals surface area (Å²) in [5.41, 5.74) is 7.17. The Balaban J connectivity index is 2.00. The number of hydrogen-bond acceptors (Lipinski definition) is 6. The third-order valence-corrected chi connectivity index (χ3v) is 4.41. The second-order valence-corrected chi connectivity index (χ2v) is 6.90. The number of aliphatic hydroxyl groups is 1. The van der Waals surface area contributed by atoms with Crippen molar-refractivity contribution in [3.8, 4) is 6.07 Å². The highest BCUT2D eigenvalue weighted by Crippen LogP contribution is 2.08.